The van der Waals surface area contributed by atoms with Gasteiger partial charge in [-0.05, 0) is 55.8 Å². The Hall–Kier alpha value is -0.540. The van der Waals surface area contributed by atoms with Crippen LogP contribution in [0.4, 0.5) is 0 Å². The highest BCUT2D eigenvalue weighted by atomic mass is 32.1. The number of thiol groups is 3. The molecule has 0 aliphatic heterocycles. The Morgan fingerprint density at radius 3 is 0.692 bits per heavy atom. The van der Waals surface area contributed by atoms with Gasteiger partial charge in [0.15, 0.2) is 0 Å². The van der Waals surface area contributed by atoms with Crippen LogP contribution in [0.25, 0.3) is 0 Å². The van der Waals surface area contributed by atoms with Gasteiger partial charge in [-0.15, -0.1) is 0 Å². The van der Waals surface area contributed by atoms with Crippen LogP contribution in [0.1, 0.15) is 135 Å². The highest BCUT2D eigenvalue weighted by Crippen LogP contribution is 2.10. The topological polar surface area (TPSA) is 66.0 Å². The highest BCUT2D eigenvalue weighted by Gasteiger charge is 2.15. The lowest BCUT2D eigenvalue weighted by Crippen LogP contribution is -2.54. The van der Waals surface area contributed by atoms with E-state index in [9.17, 15) is 14.4 Å². The van der Waals surface area contributed by atoms with Crippen molar-refractivity contribution < 1.29 is 0 Å². The van der Waals surface area contributed by atoms with E-state index in [1.807, 2.05) is 0 Å². The summed E-state index contributed by atoms with van der Waals surface area (Å²) in [6.07, 6.45) is 22.9. The number of aromatic nitrogens is 3. The molecule has 1 aromatic heterocycles. The zero-order chi connectivity index (χ0) is 28.6. The van der Waals surface area contributed by atoms with E-state index in [2.05, 4.69) is 37.9 Å². The predicted molar refractivity (Wildman–Crippen MR) is 178 cm³/mol. The van der Waals surface area contributed by atoms with E-state index in [0.717, 1.165) is 94.3 Å². The molecule has 0 unspecified atom stereocenters. The predicted octanol–water partition coefficient (Wildman–Crippen LogP) is 7.15. The molecule has 0 atom stereocenters. The zero-order valence-corrected chi connectivity index (χ0v) is 27.2. The Kier molecular flexibility index (Phi) is 23.6. The van der Waals surface area contributed by atoms with Crippen LogP contribution in [0, 0.1) is 0 Å². The maximum atomic E-state index is 13.2. The molecule has 0 fully saturated rings. The minimum atomic E-state index is -0.423. The summed E-state index contributed by atoms with van der Waals surface area (Å²) >= 11 is 12.8. The first-order valence-electron chi connectivity index (χ1n) is 15.9. The molecule has 0 N–H and O–H groups in total. The van der Waals surface area contributed by atoms with Crippen molar-refractivity contribution in [1.29, 1.82) is 0 Å². The minimum Gasteiger partial charge on any atom is -0.247 e. The first kappa shape index (κ1) is 36.5. The number of hydrogen-bond acceptors (Lipinski definition) is 6. The van der Waals surface area contributed by atoms with Gasteiger partial charge in [-0.2, -0.15) is 37.9 Å². The van der Waals surface area contributed by atoms with Crippen molar-refractivity contribution in [3.63, 3.8) is 0 Å². The molecule has 0 amide bonds. The molecule has 9 heteroatoms. The normalized spacial score (nSPS) is 11.5. The monoisotopic (exact) mass is 603 g/mol. The molecule has 0 saturated heterocycles. The molecule has 1 aromatic rings. The van der Waals surface area contributed by atoms with Crippen molar-refractivity contribution in [3.05, 3.63) is 31.5 Å². The Morgan fingerprint density at radius 1 is 0.308 bits per heavy atom. The molecule has 39 heavy (non-hydrogen) atoms. The van der Waals surface area contributed by atoms with E-state index >= 15 is 0 Å². The Bertz CT molecular complexity index is 754. The third-order valence-corrected chi connectivity index (χ3v) is 8.45. The number of hydrogen-bond donors (Lipinski definition) is 3. The largest absolute Gasteiger partial charge is 0.336 e. The average Bonchev–Trinajstić information content (AvgIpc) is 2.93. The summed E-state index contributed by atoms with van der Waals surface area (Å²) in [5.41, 5.74) is -1.27. The molecule has 0 radical (unpaired) electrons. The SMILES string of the molecule is O=c1n(CCCCCCCCCS)c(=O)n(CCCCCCCCCS)c(=O)n1CCCCCCCCCS. The lowest BCUT2D eigenvalue weighted by molar-refractivity contribution is 0.411. The smallest absolute Gasteiger partial charge is 0.247 e. The summed E-state index contributed by atoms with van der Waals surface area (Å²) in [5.74, 6) is 2.83. The molecule has 0 aliphatic carbocycles. The van der Waals surface area contributed by atoms with Crippen LogP contribution in [0.15, 0.2) is 14.4 Å². The molecule has 0 aliphatic rings. The zero-order valence-electron chi connectivity index (χ0n) is 24.5. The van der Waals surface area contributed by atoms with Crippen molar-refractivity contribution in [2.75, 3.05) is 17.3 Å². The fourth-order valence-corrected chi connectivity index (χ4v) is 5.72. The Morgan fingerprint density at radius 2 is 0.487 bits per heavy atom. The third kappa shape index (κ3) is 16.5. The summed E-state index contributed by atoms with van der Waals surface area (Å²) in [7, 11) is 0. The second-order valence-electron chi connectivity index (χ2n) is 10.9. The van der Waals surface area contributed by atoms with Gasteiger partial charge in [-0.3, -0.25) is 0 Å². The molecule has 0 bridgehead atoms. The van der Waals surface area contributed by atoms with Crippen LogP contribution in [-0.2, 0) is 19.6 Å². The van der Waals surface area contributed by atoms with E-state index in [4.69, 9.17) is 0 Å². The van der Waals surface area contributed by atoms with Gasteiger partial charge >= 0.3 is 17.1 Å². The quantitative estimate of drug-likeness (QED) is 0.0739. The van der Waals surface area contributed by atoms with Gasteiger partial charge in [0.25, 0.3) is 0 Å². The first-order valence-corrected chi connectivity index (χ1v) is 17.7. The van der Waals surface area contributed by atoms with Crippen molar-refractivity contribution in [2.45, 2.75) is 154 Å². The van der Waals surface area contributed by atoms with Crippen molar-refractivity contribution in [3.8, 4) is 0 Å². The molecule has 0 saturated carbocycles. The lowest BCUT2D eigenvalue weighted by Gasteiger charge is -2.14. The third-order valence-electron chi connectivity index (χ3n) is 7.50. The number of rotatable bonds is 27. The maximum Gasteiger partial charge on any atom is 0.336 e. The van der Waals surface area contributed by atoms with Crippen LogP contribution in [-0.4, -0.2) is 31.0 Å². The lowest BCUT2D eigenvalue weighted by atomic mass is 10.1. The first-order chi connectivity index (χ1) is 19.1. The molecule has 1 heterocycles. The van der Waals surface area contributed by atoms with Gasteiger partial charge in [0.2, 0.25) is 0 Å². The summed E-state index contributed by atoms with van der Waals surface area (Å²) in [6, 6.07) is 0. The molecule has 1 rings (SSSR count). The van der Waals surface area contributed by atoms with Crippen LogP contribution in [0.3, 0.4) is 0 Å². The summed E-state index contributed by atoms with van der Waals surface area (Å²) in [4.78, 5) is 39.7. The van der Waals surface area contributed by atoms with Crippen molar-refractivity contribution >= 4 is 37.9 Å². The van der Waals surface area contributed by atoms with Crippen molar-refractivity contribution in [2.24, 2.45) is 0 Å². The van der Waals surface area contributed by atoms with Gasteiger partial charge in [0.05, 0.1) is 0 Å². The van der Waals surface area contributed by atoms with Gasteiger partial charge in [0.1, 0.15) is 0 Å². The van der Waals surface area contributed by atoms with Gasteiger partial charge in [-0.25, -0.2) is 28.1 Å². The molecular weight excluding hydrogens is 547 g/mol. The van der Waals surface area contributed by atoms with Crippen LogP contribution < -0.4 is 17.1 Å². The Labute approximate surface area is 254 Å². The van der Waals surface area contributed by atoms with E-state index in [-0.39, 0.29) is 0 Å². The number of nitrogens with zero attached hydrogens (tertiary/aromatic N) is 3. The summed E-state index contributed by atoms with van der Waals surface area (Å²) < 4.78 is 3.99. The van der Waals surface area contributed by atoms with Crippen LogP contribution >= 0.6 is 37.9 Å². The second kappa shape index (κ2) is 25.2. The fraction of sp³-hybridized carbons (Fsp3) is 0.900. The van der Waals surface area contributed by atoms with E-state index < -0.39 is 17.1 Å². The van der Waals surface area contributed by atoms with Crippen molar-refractivity contribution in [1.82, 2.24) is 13.7 Å². The standard InChI is InChI=1S/C30H57N3O3S3/c34-28-31(22-16-10-4-1-7-13-19-25-37)29(35)33(24-18-12-6-3-9-15-21-27-39)30(36)32(28)23-17-11-5-2-8-14-20-26-38/h37-39H,1-27H2. The summed E-state index contributed by atoms with van der Waals surface area (Å²) in [6.45, 7) is 1.18. The fourth-order valence-electron chi connectivity index (χ4n) is 5.05. The molecular formula is C30H57N3O3S3. The van der Waals surface area contributed by atoms with E-state index in [1.165, 1.54) is 71.5 Å². The van der Waals surface area contributed by atoms with E-state index in [1.54, 1.807) is 0 Å². The average molecular weight is 604 g/mol. The Balaban J connectivity index is 2.75. The molecule has 228 valence electrons. The number of unbranched alkanes of at least 4 members (excludes halogenated alkanes) is 18. The minimum absolute atomic E-state index is 0.394. The van der Waals surface area contributed by atoms with Crippen LogP contribution in [0.5, 0.6) is 0 Å². The molecule has 6 nitrogen and oxygen atoms in total. The second-order valence-corrected chi connectivity index (χ2v) is 12.2. The maximum absolute atomic E-state index is 13.2. The van der Waals surface area contributed by atoms with Crippen LogP contribution in [0.2, 0.25) is 0 Å². The van der Waals surface area contributed by atoms with Gasteiger partial charge < -0.3 is 0 Å². The molecule has 0 aromatic carbocycles. The highest BCUT2D eigenvalue weighted by molar-refractivity contribution is 7.80. The summed E-state index contributed by atoms with van der Waals surface area (Å²) in [5, 5.41) is 0. The van der Waals surface area contributed by atoms with Gasteiger partial charge in [-0.1, -0.05) is 96.3 Å². The molecule has 0 spiro atoms. The van der Waals surface area contributed by atoms with E-state index in [0.29, 0.717) is 19.6 Å². The van der Waals surface area contributed by atoms with Gasteiger partial charge in [0, 0.05) is 19.6 Å².